The third kappa shape index (κ3) is 7.77. The van der Waals surface area contributed by atoms with Gasteiger partial charge in [0.15, 0.2) is 0 Å². The largest absolute Gasteiger partial charge is 0.473 e. The molecule has 0 aromatic rings. The SMILES string of the molecule is COC(=O)C1(NC(=O)OC(C)(C)C)CCNCC1.O=C(O)C(=O)O. The van der Waals surface area contributed by atoms with Crippen LogP contribution in [0, 0.1) is 0 Å². The van der Waals surface area contributed by atoms with Crippen molar-refractivity contribution in [2.24, 2.45) is 0 Å². The first-order chi connectivity index (χ1) is 10.9. The number of esters is 1. The molecule has 0 spiro atoms. The summed E-state index contributed by atoms with van der Waals surface area (Å²) in [6.45, 7) is 6.65. The summed E-state index contributed by atoms with van der Waals surface area (Å²) in [4.78, 5) is 41.9. The van der Waals surface area contributed by atoms with Crippen molar-refractivity contribution in [3.63, 3.8) is 0 Å². The monoisotopic (exact) mass is 348 g/mol. The Morgan fingerprint density at radius 1 is 1.04 bits per heavy atom. The molecule has 0 saturated carbocycles. The molecule has 1 heterocycles. The molecule has 0 unspecified atom stereocenters. The molecule has 1 amide bonds. The third-order valence-electron chi connectivity index (χ3n) is 2.96. The highest BCUT2D eigenvalue weighted by Gasteiger charge is 2.43. The number of alkyl carbamates (subject to hydrolysis) is 1. The summed E-state index contributed by atoms with van der Waals surface area (Å²) in [5.74, 6) is -4.07. The Morgan fingerprint density at radius 3 is 1.83 bits per heavy atom. The molecule has 1 fully saturated rings. The summed E-state index contributed by atoms with van der Waals surface area (Å²) in [5.41, 5.74) is -1.56. The van der Waals surface area contributed by atoms with Gasteiger partial charge in [-0.3, -0.25) is 0 Å². The minimum atomic E-state index is -1.82. The first kappa shape index (κ1) is 21.6. The maximum absolute atomic E-state index is 11.9. The zero-order chi connectivity index (χ0) is 19.0. The van der Waals surface area contributed by atoms with Crippen molar-refractivity contribution >= 4 is 24.0 Å². The Morgan fingerprint density at radius 2 is 1.50 bits per heavy atom. The molecule has 1 aliphatic rings. The van der Waals surface area contributed by atoms with Gasteiger partial charge in [-0.1, -0.05) is 0 Å². The van der Waals surface area contributed by atoms with Crippen LogP contribution in [-0.2, 0) is 23.9 Å². The number of carbonyl (C=O) groups is 4. The van der Waals surface area contributed by atoms with Crippen LogP contribution >= 0.6 is 0 Å². The predicted octanol–water partition coefficient (Wildman–Crippen LogP) is -0.0381. The first-order valence-electron chi connectivity index (χ1n) is 7.20. The molecular formula is C14H24N2O8. The fourth-order valence-corrected chi connectivity index (χ4v) is 1.93. The normalized spacial score (nSPS) is 16.0. The Bertz CT molecular complexity index is 466. The van der Waals surface area contributed by atoms with Crippen LogP contribution in [0.4, 0.5) is 4.79 Å². The van der Waals surface area contributed by atoms with Gasteiger partial charge in [0.25, 0.3) is 0 Å². The Labute approximate surface area is 139 Å². The number of ether oxygens (including phenoxy) is 2. The lowest BCUT2D eigenvalue weighted by atomic mass is 9.88. The highest BCUT2D eigenvalue weighted by atomic mass is 16.6. The Balaban J connectivity index is 0.000000754. The van der Waals surface area contributed by atoms with E-state index in [0.29, 0.717) is 25.9 Å². The topological polar surface area (TPSA) is 151 Å². The molecule has 1 saturated heterocycles. The van der Waals surface area contributed by atoms with Crippen molar-refractivity contribution in [2.45, 2.75) is 44.8 Å². The number of amides is 1. The quantitative estimate of drug-likeness (QED) is 0.398. The lowest BCUT2D eigenvalue weighted by Gasteiger charge is -2.35. The van der Waals surface area contributed by atoms with Gasteiger partial charge in [0.1, 0.15) is 11.1 Å². The number of carboxylic acid groups (broad SMARTS) is 2. The van der Waals surface area contributed by atoms with Crippen molar-refractivity contribution in [3.8, 4) is 0 Å². The maximum atomic E-state index is 11.9. The number of carboxylic acids is 2. The van der Waals surface area contributed by atoms with Gasteiger partial charge < -0.3 is 30.3 Å². The minimum Gasteiger partial charge on any atom is -0.473 e. The van der Waals surface area contributed by atoms with E-state index in [1.54, 1.807) is 20.8 Å². The van der Waals surface area contributed by atoms with Crippen LogP contribution in [0.1, 0.15) is 33.6 Å². The molecule has 0 radical (unpaired) electrons. The average molecular weight is 348 g/mol. The van der Waals surface area contributed by atoms with Crippen molar-refractivity contribution in [1.29, 1.82) is 0 Å². The van der Waals surface area contributed by atoms with Gasteiger partial charge in [-0.15, -0.1) is 0 Å². The summed E-state index contributed by atoms with van der Waals surface area (Å²) < 4.78 is 9.97. The van der Waals surface area contributed by atoms with Crippen molar-refractivity contribution in [3.05, 3.63) is 0 Å². The van der Waals surface area contributed by atoms with E-state index in [1.165, 1.54) is 7.11 Å². The number of piperidine rings is 1. The summed E-state index contributed by atoms with van der Waals surface area (Å²) in [5, 5.41) is 20.6. The standard InChI is InChI=1S/C12H22N2O4.C2H2O4/c1-11(2,3)18-10(16)14-12(9(15)17-4)5-7-13-8-6-12;3-1(4)2(5)6/h13H,5-8H2,1-4H3,(H,14,16);(H,3,4)(H,5,6). The van der Waals surface area contributed by atoms with Crippen molar-refractivity contribution < 1.29 is 38.9 Å². The molecule has 0 bridgehead atoms. The van der Waals surface area contributed by atoms with Crippen LogP contribution < -0.4 is 10.6 Å². The van der Waals surface area contributed by atoms with Gasteiger partial charge in [0.05, 0.1) is 7.11 Å². The van der Waals surface area contributed by atoms with Gasteiger partial charge in [-0.2, -0.15) is 0 Å². The molecule has 0 aromatic carbocycles. The predicted molar refractivity (Wildman–Crippen MR) is 81.5 cm³/mol. The second kappa shape index (κ2) is 9.06. The fraction of sp³-hybridized carbons (Fsp3) is 0.714. The van der Waals surface area contributed by atoms with E-state index in [0.717, 1.165) is 0 Å². The highest BCUT2D eigenvalue weighted by Crippen LogP contribution is 2.21. The number of methoxy groups -OCH3 is 1. The molecule has 4 N–H and O–H groups in total. The van der Waals surface area contributed by atoms with Crippen molar-refractivity contribution in [2.75, 3.05) is 20.2 Å². The molecule has 10 heteroatoms. The number of rotatable bonds is 2. The zero-order valence-electron chi connectivity index (χ0n) is 14.2. The summed E-state index contributed by atoms with van der Waals surface area (Å²) >= 11 is 0. The van der Waals surface area contributed by atoms with E-state index in [2.05, 4.69) is 10.6 Å². The van der Waals surface area contributed by atoms with Crippen LogP contribution in [-0.4, -0.2) is 65.6 Å². The van der Waals surface area contributed by atoms with E-state index in [1.807, 2.05) is 0 Å². The number of carbonyl (C=O) groups excluding carboxylic acids is 2. The number of nitrogens with one attached hydrogen (secondary N) is 2. The van der Waals surface area contributed by atoms with E-state index in [-0.39, 0.29) is 0 Å². The Kier molecular flexibility index (Phi) is 8.17. The average Bonchev–Trinajstić information content (AvgIpc) is 2.45. The molecule has 0 aromatic heterocycles. The molecule has 24 heavy (non-hydrogen) atoms. The maximum Gasteiger partial charge on any atom is 0.414 e. The van der Waals surface area contributed by atoms with Gasteiger partial charge in [0, 0.05) is 0 Å². The molecule has 138 valence electrons. The summed E-state index contributed by atoms with van der Waals surface area (Å²) in [7, 11) is 1.32. The second-order valence-corrected chi connectivity index (χ2v) is 6.06. The van der Waals surface area contributed by atoms with Crippen LogP contribution in [0.5, 0.6) is 0 Å². The van der Waals surface area contributed by atoms with E-state index >= 15 is 0 Å². The fourth-order valence-electron chi connectivity index (χ4n) is 1.93. The molecule has 10 nitrogen and oxygen atoms in total. The van der Waals surface area contributed by atoms with Crippen LogP contribution in [0.2, 0.25) is 0 Å². The van der Waals surface area contributed by atoms with Gasteiger partial charge >= 0.3 is 24.0 Å². The second-order valence-electron chi connectivity index (χ2n) is 6.06. The Hall–Kier alpha value is -2.36. The lowest BCUT2D eigenvalue weighted by molar-refractivity contribution is -0.159. The van der Waals surface area contributed by atoms with Crippen LogP contribution in [0.15, 0.2) is 0 Å². The number of hydrogen-bond acceptors (Lipinski definition) is 7. The highest BCUT2D eigenvalue weighted by molar-refractivity contribution is 6.27. The summed E-state index contributed by atoms with van der Waals surface area (Å²) in [6, 6.07) is 0. The first-order valence-corrected chi connectivity index (χ1v) is 7.20. The van der Waals surface area contributed by atoms with E-state index in [4.69, 9.17) is 29.3 Å². The number of hydrogen-bond donors (Lipinski definition) is 4. The third-order valence-corrected chi connectivity index (χ3v) is 2.96. The summed E-state index contributed by atoms with van der Waals surface area (Å²) in [6.07, 6.45) is 0.410. The van der Waals surface area contributed by atoms with Crippen LogP contribution in [0.3, 0.4) is 0 Å². The smallest absolute Gasteiger partial charge is 0.414 e. The van der Waals surface area contributed by atoms with Crippen LogP contribution in [0.25, 0.3) is 0 Å². The molecule has 0 aliphatic carbocycles. The molecular weight excluding hydrogens is 324 g/mol. The van der Waals surface area contributed by atoms with Crippen molar-refractivity contribution in [1.82, 2.24) is 10.6 Å². The number of aliphatic carboxylic acids is 2. The van der Waals surface area contributed by atoms with E-state index < -0.39 is 35.1 Å². The molecule has 1 rings (SSSR count). The molecule has 0 atom stereocenters. The van der Waals surface area contributed by atoms with Gasteiger partial charge in [-0.05, 0) is 46.7 Å². The zero-order valence-corrected chi connectivity index (χ0v) is 14.2. The van der Waals surface area contributed by atoms with Gasteiger partial charge in [-0.25, -0.2) is 19.2 Å². The van der Waals surface area contributed by atoms with Gasteiger partial charge in [0.2, 0.25) is 0 Å². The molecule has 1 aliphatic heterocycles. The van der Waals surface area contributed by atoms with E-state index in [9.17, 15) is 9.59 Å². The lowest BCUT2D eigenvalue weighted by Crippen LogP contribution is -2.60. The minimum absolute atomic E-state index is 0.421.